The summed E-state index contributed by atoms with van der Waals surface area (Å²) in [5.41, 5.74) is 0. The third-order valence-electron chi connectivity index (χ3n) is 2.21. The zero-order valence-corrected chi connectivity index (χ0v) is 13.8. The van der Waals surface area contributed by atoms with Gasteiger partial charge in [0.15, 0.2) is 25.5 Å². The van der Waals surface area contributed by atoms with E-state index in [-0.39, 0.29) is 13.1 Å². The van der Waals surface area contributed by atoms with Crippen molar-refractivity contribution < 1.29 is 37.0 Å². The molecule has 0 fully saturated rings. The highest BCUT2D eigenvalue weighted by Gasteiger charge is 2.17. The summed E-state index contributed by atoms with van der Waals surface area (Å²) in [6.07, 6.45) is 2.30. The zero-order chi connectivity index (χ0) is 17.4. The number of likely N-dealkylation sites (N-methyl/N-ethyl adjacent to an activating group) is 1. The van der Waals surface area contributed by atoms with E-state index in [1.807, 2.05) is 27.2 Å². The Kier molecular flexibility index (Phi) is 8.17. The number of aromatic nitrogens is 1. The van der Waals surface area contributed by atoms with Crippen molar-refractivity contribution in [2.24, 2.45) is 0 Å². The maximum Gasteiger partial charge on any atom is 0.359 e. The van der Waals surface area contributed by atoms with Gasteiger partial charge in [-0.3, -0.25) is 4.55 Å². The fraction of sp³-hybridized carbons (Fsp3) is 0.538. The van der Waals surface area contributed by atoms with Crippen molar-refractivity contribution >= 4 is 16.1 Å². The highest BCUT2D eigenvalue weighted by Crippen LogP contribution is 1.91. The first kappa shape index (κ1) is 20.5. The smallest absolute Gasteiger partial charge is 0.359 e. The highest BCUT2D eigenvalue weighted by atomic mass is 32.2. The van der Waals surface area contributed by atoms with Crippen LogP contribution in [0.1, 0.15) is 0 Å². The number of hydrogen-bond donors (Lipinski definition) is 3. The van der Waals surface area contributed by atoms with E-state index >= 15 is 0 Å². The lowest BCUT2D eigenvalue weighted by atomic mass is 10.4. The summed E-state index contributed by atoms with van der Waals surface area (Å²) < 4.78 is 31.4. The normalized spacial score (nSPS) is 13.0. The summed E-state index contributed by atoms with van der Waals surface area (Å²) in [6, 6.07) is 5.34. The monoisotopic (exact) mass is 336 g/mol. The van der Waals surface area contributed by atoms with E-state index in [1.165, 1.54) is 0 Å². The lowest BCUT2D eigenvalue weighted by Gasteiger charge is -2.20. The van der Waals surface area contributed by atoms with E-state index in [1.54, 1.807) is 29.1 Å². The van der Waals surface area contributed by atoms with Crippen LogP contribution in [-0.2, 0) is 21.5 Å². The molecule has 1 atom stereocenters. The number of quaternary nitrogens is 1. The number of aliphatic carboxylic acids is 1. The zero-order valence-electron chi connectivity index (χ0n) is 13.0. The quantitative estimate of drug-likeness (QED) is 0.349. The van der Waals surface area contributed by atoms with Gasteiger partial charge in [0.2, 0.25) is 0 Å². The topological polar surface area (TPSA) is 116 Å². The first-order chi connectivity index (χ1) is 9.89. The number of carboxylic acids is 1. The van der Waals surface area contributed by atoms with Gasteiger partial charge in [-0.25, -0.2) is 9.36 Å². The van der Waals surface area contributed by atoms with Crippen molar-refractivity contribution in [2.75, 3.05) is 33.4 Å². The number of hydrogen-bond acceptors (Lipinski definition) is 4. The lowest BCUT2D eigenvalue weighted by Crippen LogP contribution is -2.41. The number of rotatable bonds is 6. The van der Waals surface area contributed by atoms with E-state index in [0.717, 1.165) is 0 Å². The van der Waals surface area contributed by atoms with Gasteiger partial charge in [-0.2, -0.15) is 8.42 Å². The molecule has 0 amide bonds. The molecular weight excluding hydrogens is 312 g/mol. The van der Waals surface area contributed by atoms with Gasteiger partial charge in [-0.05, 0) is 0 Å². The van der Waals surface area contributed by atoms with E-state index in [0.29, 0.717) is 4.48 Å². The summed E-state index contributed by atoms with van der Waals surface area (Å²) in [4.78, 5) is 10.00. The predicted molar refractivity (Wildman–Crippen MR) is 79.6 cm³/mol. The van der Waals surface area contributed by atoms with Gasteiger partial charge in [0.05, 0.1) is 21.1 Å². The van der Waals surface area contributed by atoms with Gasteiger partial charge in [0.25, 0.3) is 10.1 Å². The number of carbonyl (C=O) groups is 1. The molecule has 1 heterocycles. The minimum absolute atomic E-state index is 0.140. The van der Waals surface area contributed by atoms with Crippen LogP contribution in [0.3, 0.4) is 0 Å². The van der Waals surface area contributed by atoms with Crippen LogP contribution in [0.4, 0.5) is 0 Å². The second-order valence-corrected chi connectivity index (χ2v) is 7.31. The average Bonchev–Trinajstić information content (AvgIpc) is 2.24. The molecule has 3 N–H and O–H groups in total. The fourth-order valence-corrected chi connectivity index (χ4v) is 2.09. The van der Waals surface area contributed by atoms with Crippen LogP contribution in [0.2, 0.25) is 0 Å². The largest absolute Gasteiger partial charge is 0.477 e. The highest BCUT2D eigenvalue weighted by molar-refractivity contribution is 7.85. The third-order valence-corrected chi connectivity index (χ3v) is 3.02. The Morgan fingerprint density at radius 3 is 2.00 bits per heavy atom. The van der Waals surface area contributed by atoms with Crippen molar-refractivity contribution in [1.29, 1.82) is 0 Å². The van der Waals surface area contributed by atoms with Gasteiger partial charge in [0.1, 0.15) is 11.9 Å². The van der Waals surface area contributed by atoms with Gasteiger partial charge in [-0.1, -0.05) is 6.07 Å². The summed E-state index contributed by atoms with van der Waals surface area (Å²) in [5, 5.41) is 17.5. The Labute approximate surface area is 130 Å². The first-order valence-electron chi connectivity index (χ1n) is 6.48. The average molecular weight is 336 g/mol. The molecule has 0 saturated carbocycles. The van der Waals surface area contributed by atoms with Crippen LogP contribution in [0, 0.1) is 0 Å². The Bertz CT molecular complexity index is 554. The molecule has 1 aromatic heterocycles. The van der Waals surface area contributed by atoms with E-state index < -0.39 is 27.9 Å². The molecule has 0 bridgehead atoms. The van der Waals surface area contributed by atoms with Crippen LogP contribution < -0.4 is 4.57 Å². The molecule has 0 aliphatic rings. The molecule has 1 aromatic rings. The van der Waals surface area contributed by atoms with Crippen LogP contribution >= 0.6 is 0 Å². The molecule has 0 aliphatic heterocycles. The lowest BCUT2D eigenvalue weighted by molar-refractivity contribution is -0.862. The van der Waals surface area contributed by atoms with Gasteiger partial charge < -0.3 is 14.7 Å². The second-order valence-electron chi connectivity index (χ2n) is 5.82. The molecule has 0 aromatic carbocycles. The van der Waals surface area contributed by atoms with Gasteiger partial charge >= 0.3 is 5.97 Å². The number of carboxylic acid groups (broad SMARTS) is 1. The number of aliphatic hydroxyl groups excluding tert-OH is 1. The van der Waals surface area contributed by atoms with E-state index in [4.69, 9.17) is 9.66 Å². The maximum absolute atomic E-state index is 10.4. The van der Waals surface area contributed by atoms with E-state index in [9.17, 15) is 18.3 Å². The summed E-state index contributed by atoms with van der Waals surface area (Å²) in [5.74, 6) is -1.40. The molecule has 9 heteroatoms. The van der Waals surface area contributed by atoms with Crippen LogP contribution in [0.5, 0.6) is 0 Å². The van der Waals surface area contributed by atoms with Gasteiger partial charge in [0, 0.05) is 12.1 Å². The molecule has 8 nitrogen and oxygen atoms in total. The van der Waals surface area contributed by atoms with Crippen molar-refractivity contribution in [3.8, 4) is 0 Å². The molecule has 0 radical (unpaired) electrons. The maximum atomic E-state index is 10.4. The van der Waals surface area contributed by atoms with Crippen molar-refractivity contribution in [2.45, 2.75) is 12.6 Å². The molecule has 0 saturated heterocycles. The molecule has 0 spiro atoms. The minimum atomic E-state index is -4.11. The molecule has 22 heavy (non-hydrogen) atoms. The molecular formula is C13H24N2O6S+2. The Balaban J connectivity index is 0.000000472. The predicted octanol–water partition coefficient (Wildman–Crippen LogP) is -1.000. The second kappa shape index (κ2) is 8.79. The standard InChI is InChI=1S/C8H11NO4S.C5H11NO2/c10-8(7-14(11,12)13)6-9-4-2-1-3-5-9;1-6(2,3)4-5(7)8/h1-5,8,10H,6-7H2;4H2,1-3H3/p+2. The SMILES string of the molecule is C[N+](C)(C)CC(=O)O.O=S(=O)(O)CC(O)C[n+]1ccccc1. The van der Waals surface area contributed by atoms with E-state index in [2.05, 4.69) is 0 Å². The Morgan fingerprint density at radius 1 is 1.18 bits per heavy atom. The van der Waals surface area contributed by atoms with Crippen LogP contribution in [-0.4, -0.2) is 73.2 Å². The van der Waals surface area contributed by atoms with Gasteiger partial charge in [-0.15, -0.1) is 0 Å². The van der Waals surface area contributed by atoms with Crippen molar-refractivity contribution in [3.63, 3.8) is 0 Å². The Morgan fingerprint density at radius 2 is 1.68 bits per heavy atom. The first-order valence-corrected chi connectivity index (χ1v) is 8.09. The molecule has 1 rings (SSSR count). The summed E-state index contributed by atoms with van der Waals surface area (Å²) >= 11 is 0. The third kappa shape index (κ3) is 13.4. The number of aliphatic hydroxyl groups is 1. The number of pyridine rings is 1. The van der Waals surface area contributed by atoms with Crippen molar-refractivity contribution in [1.82, 2.24) is 0 Å². The molecule has 126 valence electrons. The van der Waals surface area contributed by atoms with Crippen LogP contribution in [0.25, 0.3) is 0 Å². The fourth-order valence-electron chi connectivity index (χ4n) is 1.50. The summed E-state index contributed by atoms with van der Waals surface area (Å²) in [6.45, 7) is 0.320. The van der Waals surface area contributed by atoms with Crippen LogP contribution in [0.15, 0.2) is 30.6 Å². The Hall–Kier alpha value is -1.55. The number of nitrogens with zero attached hydrogens (tertiary/aromatic N) is 2. The molecule has 0 aliphatic carbocycles. The summed E-state index contributed by atoms with van der Waals surface area (Å²) in [7, 11) is 1.42. The minimum Gasteiger partial charge on any atom is -0.477 e. The van der Waals surface area contributed by atoms with Crippen molar-refractivity contribution in [3.05, 3.63) is 30.6 Å². The molecule has 1 unspecified atom stereocenters.